The minimum absolute atomic E-state index is 0. The molecule has 1 unspecified atom stereocenters. The molecule has 0 saturated carbocycles. The first-order valence-corrected chi connectivity index (χ1v) is 8.65. The maximum absolute atomic E-state index is 12.5. The van der Waals surface area contributed by atoms with Gasteiger partial charge in [-0.25, -0.2) is 0 Å². The molecule has 2 amide bonds. The van der Waals surface area contributed by atoms with Crippen molar-refractivity contribution in [3.63, 3.8) is 0 Å². The number of hydrogen-bond acceptors (Lipinski definition) is 4. The van der Waals surface area contributed by atoms with Crippen LogP contribution in [0.2, 0.25) is 5.02 Å². The van der Waals surface area contributed by atoms with Crippen LogP contribution in [-0.2, 0) is 9.53 Å². The average Bonchev–Trinajstić information content (AvgIpc) is 2.63. The van der Waals surface area contributed by atoms with E-state index in [0.717, 1.165) is 6.54 Å². The lowest BCUT2D eigenvalue weighted by Gasteiger charge is -2.36. The van der Waals surface area contributed by atoms with Crippen LogP contribution in [0.3, 0.4) is 0 Å². The van der Waals surface area contributed by atoms with Crippen LogP contribution in [0.1, 0.15) is 16.8 Å². The number of hydrogen-bond donors (Lipinski definition) is 1. The van der Waals surface area contributed by atoms with Crippen molar-refractivity contribution in [1.29, 1.82) is 0 Å². The van der Waals surface area contributed by atoms with Gasteiger partial charge in [0.15, 0.2) is 0 Å². The van der Waals surface area contributed by atoms with Gasteiger partial charge in [-0.05, 0) is 24.3 Å². The third-order valence-electron chi connectivity index (χ3n) is 4.43. The predicted octanol–water partition coefficient (Wildman–Crippen LogP) is 1.42. The van der Waals surface area contributed by atoms with Gasteiger partial charge < -0.3 is 19.9 Å². The molecule has 3 rings (SSSR count). The molecule has 0 spiro atoms. The van der Waals surface area contributed by atoms with E-state index >= 15 is 0 Å². The fourth-order valence-electron chi connectivity index (χ4n) is 3.02. The van der Waals surface area contributed by atoms with E-state index in [9.17, 15) is 9.59 Å². The molecule has 2 aliphatic rings. The van der Waals surface area contributed by atoms with E-state index < -0.39 is 0 Å². The monoisotopic (exact) mass is 387 g/mol. The van der Waals surface area contributed by atoms with Crippen molar-refractivity contribution in [2.24, 2.45) is 0 Å². The number of rotatable bonds is 3. The number of nitrogens with zero attached hydrogens (tertiary/aromatic N) is 2. The van der Waals surface area contributed by atoms with Crippen molar-refractivity contribution in [2.75, 3.05) is 45.9 Å². The first-order valence-electron chi connectivity index (χ1n) is 8.27. The molecule has 25 heavy (non-hydrogen) atoms. The Bertz CT molecular complexity index is 583. The number of halogens is 2. The van der Waals surface area contributed by atoms with E-state index in [4.69, 9.17) is 16.3 Å². The SMILES string of the molecule is Cl.O=C(CC1COCCN1)N1CCN(C(=O)c2ccc(Cl)cc2)CC1. The lowest BCUT2D eigenvalue weighted by atomic mass is 10.1. The van der Waals surface area contributed by atoms with Crippen LogP contribution in [0.5, 0.6) is 0 Å². The highest BCUT2D eigenvalue weighted by Crippen LogP contribution is 2.14. The van der Waals surface area contributed by atoms with E-state index in [1.165, 1.54) is 0 Å². The molecular formula is C17H23Cl2N3O3. The summed E-state index contributed by atoms with van der Waals surface area (Å²) in [7, 11) is 0. The smallest absolute Gasteiger partial charge is 0.253 e. The average molecular weight is 388 g/mol. The highest BCUT2D eigenvalue weighted by molar-refractivity contribution is 6.30. The summed E-state index contributed by atoms with van der Waals surface area (Å²) in [6, 6.07) is 7.00. The second-order valence-electron chi connectivity index (χ2n) is 6.11. The van der Waals surface area contributed by atoms with Crippen molar-refractivity contribution in [3.05, 3.63) is 34.9 Å². The summed E-state index contributed by atoms with van der Waals surface area (Å²) in [4.78, 5) is 28.4. The number of ether oxygens (including phenoxy) is 1. The van der Waals surface area contributed by atoms with Gasteiger partial charge in [-0.3, -0.25) is 9.59 Å². The Labute approximate surface area is 158 Å². The number of piperazine rings is 1. The molecule has 6 nitrogen and oxygen atoms in total. The Morgan fingerprint density at radius 2 is 1.76 bits per heavy atom. The largest absolute Gasteiger partial charge is 0.378 e. The van der Waals surface area contributed by atoms with Gasteiger partial charge in [-0.2, -0.15) is 0 Å². The first kappa shape index (κ1) is 20.0. The lowest BCUT2D eigenvalue weighted by molar-refractivity contribution is -0.133. The molecule has 0 bridgehead atoms. The molecule has 0 aliphatic carbocycles. The molecule has 1 atom stereocenters. The Kier molecular flexibility index (Phi) is 7.50. The third-order valence-corrected chi connectivity index (χ3v) is 4.68. The maximum atomic E-state index is 12.5. The third kappa shape index (κ3) is 5.31. The second kappa shape index (κ2) is 9.38. The number of carbonyl (C=O) groups is 2. The molecular weight excluding hydrogens is 365 g/mol. The number of benzene rings is 1. The number of amides is 2. The summed E-state index contributed by atoms with van der Waals surface area (Å²) in [5, 5.41) is 3.91. The minimum atomic E-state index is -0.0129. The van der Waals surface area contributed by atoms with Gasteiger partial charge >= 0.3 is 0 Å². The van der Waals surface area contributed by atoms with E-state index in [1.54, 1.807) is 29.2 Å². The normalized spacial score (nSPS) is 20.8. The fourth-order valence-corrected chi connectivity index (χ4v) is 3.15. The fraction of sp³-hybridized carbons (Fsp3) is 0.529. The quantitative estimate of drug-likeness (QED) is 0.851. The molecule has 1 N–H and O–H groups in total. The molecule has 0 aromatic heterocycles. The van der Waals surface area contributed by atoms with E-state index in [0.29, 0.717) is 56.4 Å². The zero-order chi connectivity index (χ0) is 16.9. The molecule has 1 aromatic rings. The van der Waals surface area contributed by atoms with Crippen LogP contribution in [0.15, 0.2) is 24.3 Å². The molecule has 2 fully saturated rings. The predicted molar refractivity (Wildman–Crippen MR) is 98.4 cm³/mol. The van der Waals surface area contributed by atoms with Crippen LogP contribution >= 0.6 is 24.0 Å². The summed E-state index contributed by atoms with van der Waals surface area (Å²) in [5.74, 6) is 0.109. The van der Waals surface area contributed by atoms with Gasteiger partial charge in [-0.1, -0.05) is 11.6 Å². The summed E-state index contributed by atoms with van der Waals surface area (Å²) in [6.07, 6.45) is 0.450. The summed E-state index contributed by atoms with van der Waals surface area (Å²) in [5.41, 5.74) is 0.628. The summed E-state index contributed by atoms with van der Waals surface area (Å²) in [6.45, 7) is 4.35. The Morgan fingerprint density at radius 3 is 2.36 bits per heavy atom. The van der Waals surface area contributed by atoms with Crippen molar-refractivity contribution in [3.8, 4) is 0 Å². The van der Waals surface area contributed by atoms with E-state index in [2.05, 4.69) is 5.32 Å². The van der Waals surface area contributed by atoms with Crippen molar-refractivity contribution in [2.45, 2.75) is 12.5 Å². The van der Waals surface area contributed by atoms with Gasteiger partial charge in [0.05, 0.1) is 13.2 Å². The van der Waals surface area contributed by atoms with Crippen LogP contribution in [0, 0.1) is 0 Å². The Hall–Kier alpha value is -1.34. The first-order chi connectivity index (χ1) is 11.6. The molecule has 2 heterocycles. The minimum Gasteiger partial charge on any atom is -0.378 e. The standard InChI is InChI=1S/C17H22ClN3O3.ClH/c18-14-3-1-13(2-4-14)17(23)21-8-6-20(7-9-21)16(22)11-15-12-24-10-5-19-15;/h1-4,15,19H,5-12H2;1H. The van der Waals surface area contributed by atoms with Crippen LogP contribution in [0.25, 0.3) is 0 Å². The van der Waals surface area contributed by atoms with Gasteiger partial charge in [0.2, 0.25) is 5.91 Å². The lowest BCUT2D eigenvalue weighted by Crippen LogP contribution is -2.52. The molecule has 1 aromatic carbocycles. The van der Waals surface area contributed by atoms with Crippen molar-refractivity contribution < 1.29 is 14.3 Å². The molecule has 0 radical (unpaired) electrons. The van der Waals surface area contributed by atoms with Crippen LogP contribution < -0.4 is 5.32 Å². The number of nitrogens with one attached hydrogen (secondary N) is 1. The van der Waals surface area contributed by atoms with E-state index in [1.807, 2.05) is 4.90 Å². The van der Waals surface area contributed by atoms with Gasteiger partial charge in [0.25, 0.3) is 5.91 Å². The molecule has 2 saturated heterocycles. The highest BCUT2D eigenvalue weighted by atomic mass is 35.5. The van der Waals surface area contributed by atoms with Crippen molar-refractivity contribution >= 4 is 35.8 Å². The zero-order valence-corrected chi connectivity index (χ0v) is 15.5. The molecule has 2 aliphatic heterocycles. The summed E-state index contributed by atoms with van der Waals surface area (Å²) < 4.78 is 5.38. The maximum Gasteiger partial charge on any atom is 0.253 e. The Balaban J connectivity index is 0.00000225. The summed E-state index contributed by atoms with van der Waals surface area (Å²) >= 11 is 5.85. The molecule has 8 heteroatoms. The van der Waals surface area contributed by atoms with Gasteiger partial charge in [-0.15, -0.1) is 12.4 Å². The number of carbonyl (C=O) groups excluding carboxylic acids is 2. The van der Waals surface area contributed by atoms with Gasteiger partial charge in [0, 0.05) is 55.8 Å². The topological polar surface area (TPSA) is 61.9 Å². The molecule has 138 valence electrons. The van der Waals surface area contributed by atoms with Crippen LogP contribution in [-0.4, -0.2) is 73.6 Å². The van der Waals surface area contributed by atoms with Crippen molar-refractivity contribution in [1.82, 2.24) is 15.1 Å². The zero-order valence-electron chi connectivity index (χ0n) is 13.9. The number of morpholine rings is 1. The highest BCUT2D eigenvalue weighted by Gasteiger charge is 2.26. The Morgan fingerprint density at radius 1 is 1.12 bits per heavy atom. The van der Waals surface area contributed by atoms with Crippen LogP contribution in [0.4, 0.5) is 0 Å². The second-order valence-corrected chi connectivity index (χ2v) is 6.55. The van der Waals surface area contributed by atoms with Gasteiger partial charge in [0.1, 0.15) is 0 Å². The van der Waals surface area contributed by atoms with E-state index in [-0.39, 0.29) is 30.3 Å².